The number of halogens is 3. The van der Waals surface area contributed by atoms with Crippen LogP contribution in [0, 0.1) is 6.92 Å². The fourth-order valence-corrected chi connectivity index (χ4v) is 3.75. The third kappa shape index (κ3) is 3.95. The zero-order chi connectivity index (χ0) is 24.0. The molecule has 4 aromatic rings. The van der Waals surface area contributed by atoms with Gasteiger partial charge in [0, 0.05) is 29.2 Å². The van der Waals surface area contributed by atoms with Crippen LogP contribution in [0.15, 0.2) is 48.9 Å². The van der Waals surface area contributed by atoms with Gasteiger partial charge in [-0.15, -0.1) is 5.10 Å². The molecule has 8 nitrogen and oxygen atoms in total. The molecule has 33 heavy (non-hydrogen) atoms. The van der Waals surface area contributed by atoms with E-state index in [1.165, 1.54) is 17.7 Å². The van der Waals surface area contributed by atoms with Crippen LogP contribution in [0.3, 0.4) is 0 Å². The number of fused-ring (bicyclic) bond motifs is 1. The molecule has 0 fully saturated rings. The SMILES string of the molecule is CCC(O)(c1cn(Cc2ccn3c(-c4ccnc(C)c4)c(C(=O)O)cc3c2)nn1)C(F)(F)F. The number of aryl methyl sites for hydroxylation is 1. The molecule has 0 aliphatic heterocycles. The second kappa shape index (κ2) is 8.00. The minimum atomic E-state index is -4.89. The highest BCUT2D eigenvalue weighted by atomic mass is 19.4. The molecule has 4 aromatic heterocycles. The smallest absolute Gasteiger partial charge is 0.423 e. The van der Waals surface area contributed by atoms with Gasteiger partial charge in [0.2, 0.25) is 5.60 Å². The maximum atomic E-state index is 13.3. The van der Waals surface area contributed by atoms with Crippen LogP contribution in [0.4, 0.5) is 13.2 Å². The minimum Gasteiger partial charge on any atom is -0.478 e. The lowest BCUT2D eigenvalue weighted by molar-refractivity contribution is -0.269. The Morgan fingerprint density at radius 1 is 1.18 bits per heavy atom. The lowest BCUT2D eigenvalue weighted by Gasteiger charge is -2.26. The van der Waals surface area contributed by atoms with E-state index in [1.54, 1.807) is 41.1 Å². The molecular formula is C22H20F3N5O3. The van der Waals surface area contributed by atoms with Crippen molar-refractivity contribution in [2.45, 2.75) is 38.6 Å². The summed E-state index contributed by atoms with van der Waals surface area (Å²) in [6, 6.07) is 8.48. The van der Waals surface area contributed by atoms with Crippen molar-refractivity contribution in [2.75, 3.05) is 0 Å². The van der Waals surface area contributed by atoms with Crippen LogP contribution in [-0.4, -0.2) is 46.7 Å². The molecule has 0 aliphatic rings. The first-order valence-electron chi connectivity index (χ1n) is 10.0. The molecule has 0 spiro atoms. The van der Waals surface area contributed by atoms with Crippen molar-refractivity contribution >= 4 is 11.5 Å². The Morgan fingerprint density at radius 2 is 1.94 bits per heavy atom. The molecule has 4 rings (SSSR count). The number of carboxylic acids is 1. The first-order valence-corrected chi connectivity index (χ1v) is 10.0. The lowest BCUT2D eigenvalue weighted by Crippen LogP contribution is -2.42. The Morgan fingerprint density at radius 3 is 2.58 bits per heavy atom. The van der Waals surface area contributed by atoms with Crippen LogP contribution in [0.5, 0.6) is 0 Å². The van der Waals surface area contributed by atoms with Crippen LogP contribution >= 0.6 is 0 Å². The molecule has 0 aliphatic carbocycles. The number of aromatic carboxylic acids is 1. The molecule has 0 aromatic carbocycles. The van der Waals surface area contributed by atoms with Gasteiger partial charge in [-0.3, -0.25) is 4.98 Å². The summed E-state index contributed by atoms with van der Waals surface area (Å²) >= 11 is 0. The zero-order valence-corrected chi connectivity index (χ0v) is 17.7. The number of carboxylic acid groups (broad SMARTS) is 1. The molecule has 0 bridgehead atoms. The van der Waals surface area contributed by atoms with Gasteiger partial charge in [-0.25, -0.2) is 9.48 Å². The van der Waals surface area contributed by atoms with E-state index in [0.29, 0.717) is 22.3 Å². The molecule has 11 heteroatoms. The Kier molecular flexibility index (Phi) is 5.44. The van der Waals surface area contributed by atoms with Crippen molar-refractivity contribution < 1.29 is 28.2 Å². The normalized spacial score (nSPS) is 13.9. The van der Waals surface area contributed by atoms with Gasteiger partial charge in [-0.05, 0) is 49.2 Å². The van der Waals surface area contributed by atoms with E-state index in [1.807, 2.05) is 6.92 Å². The number of hydrogen-bond acceptors (Lipinski definition) is 5. The first kappa shape index (κ1) is 22.5. The summed E-state index contributed by atoms with van der Waals surface area (Å²) in [6.45, 7) is 3.11. The fourth-order valence-electron chi connectivity index (χ4n) is 3.75. The van der Waals surface area contributed by atoms with E-state index in [2.05, 4.69) is 15.3 Å². The molecule has 1 atom stereocenters. The summed E-state index contributed by atoms with van der Waals surface area (Å²) in [7, 11) is 0. The maximum absolute atomic E-state index is 13.3. The van der Waals surface area contributed by atoms with Crippen LogP contribution in [0.1, 0.15) is 40.7 Å². The van der Waals surface area contributed by atoms with E-state index in [4.69, 9.17) is 0 Å². The van der Waals surface area contributed by atoms with Gasteiger partial charge in [0.1, 0.15) is 5.69 Å². The van der Waals surface area contributed by atoms with Crippen LogP contribution < -0.4 is 0 Å². The van der Waals surface area contributed by atoms with E-state index < -0.39 is 29.9 Å². The second-order valence-corrected chi connectivity index (χ2v) is 7.74. The fraction of sp³-hybridized carbons (Fsp3) is 0.273. The van der Waals surface area contributed by atoms with Gasteiger partial charge in [-0.2, -0.15) is 13.2 Å². The van der Waals surface area contributed by atoms with Crippen molar-refractivity contribution in [1.82, 2.24) is 24.4 Å². The zero-order valence-electron chi connectivity index (χ0n) is 17.7. The highest BCUT2D eigenvalue weighted by Crippen LogP contribution is 2.40. The largest absolute Gasteiger partial charge is 0.478 e. The standard InChI is InChI=1S/C22H20F3N5O3/c1-3-21(33,22(23,24)25)18-12-29(28-27-18)11-14-5-7-30-16(9-14)10-17(20(31)32)19(30)15-4-6-26-13(2)8-15/h4-10,12,33H,3,11H2,1-2H3,(H,31,32). The van der Waals surface area contributed by atoms with Gasteiger partial charge in [-0.1, -0.05) is 12.1 Å². The van der Waals surface area contributed by atoms with Crippen LogP contribution in [0.2, 0.25) is 0 Å². The molecular weight excluding hydrogens is 439 g/mol. The summed E-state index contributed by atoms with van der Waals surface area (Å²) in [5, 5.41) is 27.0. The highest BCUT2D eigenvalue weighted by molar-refractivity contribution is 5.97. The molecule has 0 amide bonds. The molecule has 2 N–H and O–H groups in total. The quantitative estimate of drug-likeness (QED) is 0.454. The third-order valence-electron chi connectivity index (χ3n) is 5.53. The van der Waals surface area contributed by atoms with Crippen LogP contribution in [0.25, 0.3) is 16.8 Å². The number of hydrogen-bond donors (Lipinski definition) is 2. The van der Waals surface area contributed by atoms with E-state index in [0.717, 1.165) is 11.9 Å². The average Bonchev–Trinajstić information content (AvgIpc) is 3.37. The number of aliphatic hydroxyl groups is 1. The summed E-state index contributed by atoms with van der Waals surface area (Å²) < 4.78 is 42.8. The number of nitrogens with zero attached hydrogens (tertiary/aromatic N) is 5. The number of carbonyl (C=O) groups is 1. The van der Waals surface area contributed by atoms with Gasteiger partial charge in [0.25, 0.3) is 0 Å². The number of rotatable bonds is 6. The third-order valence-corrected chi connectivity index (χ3v) is 5.53. The Balaban J connectivity index is 1.71. The van der Waals surface area contributed by atoms with Crippen molar-refractivity contribution in [3.8, 4) is 11.3 Å². The van der Waals surface area contributed by atoms with E-state index >= 15 is 0 Å². The van der Waals surface area contributed by atoms with Crippen molar-refractivity contribution in [1.29, 1.82) is 0 Å². The average molecular weight is 459 g/mol. The topological polar surface area (TPSA) is 106 Å². The first-order chi connectivity index (χ1) is 15.5. The molecule has 0 saturated carbocycles. The van der Waals surface area contributed by atoms with Crippen LogP contribution in [-0.2, 0) is 12.1 Å². The minimum absolute atomic E-state index is 0.0818. The molecule has 0 saturated heterocycles. The number of alkyl halides is 3. The van der Waals surface area contributed by atoms with E-state index in [-0.39, 0.29) is 12.1 Å². The summed E-state index contributed by atoms with van der Waals surface area (Å²) in [6.07, 6.45) is -1.13. The highest BCUT2D eigenvalue weighted by Gasteiger charge is 2.55. The Labute approximate surface area is 185 Å². The van der Waals surface area contributed by atoms with Gasteiger partial charge in [0.15, 0.2) is 0 Å². The maximum Gasteiger partial charge on any atom is 0.423 e. The Bertz CT molecular complexity index is 1340. The summed E-state index contributed by atoms with van der Waals surface area (Å²) in [5.74, 6) is -1.09. The summed E-state index contributed by atoms with van der Waals surface area (Å²) in [5.41, 5.74) is -0.361. The van der Waals surface area contributed by atoms with Gasteiger partial charge in [0.05, 0.1) is 24.0 Å². The van der Waals surface area contributed by atoms with E-state index in [9.17, 15) is 28.2 Å². The number of pyridine rings is 2. The predicted octanol–water partition coefficient (Wildman–Crippen LogP) is 3.81. The monoisotopic (exact) mass is 459 g/mol. The van der Waals surface area contributed by atoms with Gasteiger partial charge >= 0.3 is 12.1 Å². The lowest BCUT2D eigenvalue weighted by atomic mass is 9.96. The van der Waals surface area contributed by atoms with Gasteiger partial charge < -0.3 is 14.6 Å². The second-order valence-electron chi connectivity index (χ2n) is 7.74. The van der Waals surface area contributed by atoms with Crippen molar-refractivity contribution in [3.05, 3.63) is 71.4 Å². The molecule has 1 unspecified atom stereocenters. The van der Waals surface area contributed by atoms with Crippen molar-refractivity contribution in [2.24, 2.45) is 0 Å². The number of aromatic nitrogens is 5. The predicted molar refractivity (Wildman–Crippen MR) is 112 cm³/mol. The molecule has 0 radical (unpaired) electrons. The van der Waals surface area contributed by atoms with Crippen molar-refractivity contribution in [3.63, 3.8) is 0 Å². The molecule has 4 heterocycles. The molecule has 172 valence electrons. The Hall–Kier alpha value is -3.73. The summed E-state index contributed by atoms with van der Waals surface area (Å²) in [4.78, 5) is 16.0.